The number of carbonyl (C=O) groups is 2. The van der Waals surface area contributed by atoms with E-state index in [0.29, 0.717) is 13.1 Å². The van der Waals surface area contributed by atoms with Crippen LogP contribution in [-0.4, -0.2) is 35.8 Å². The van der Waals surface area contributed by atoms with Crippen molar-refractivity contribution in [1.29, 1.82) is 0 Å². The van der Waals surface area contributed by atoms with Gasteiger partial charge in [0, 0.05) is 13.1 Å². The summed E-state index contributed by atoms with van der Waals surface area (Å²) in [5.41, 5.74) is 6.78. The maximum absolute atomic E-state index is 12.3. The largest absolute Gasteiger partial charge is 0.346 e. The van der Waals surface area contributed by atoms with Gasteiger partial charge in [0.05, 0.1) is 12.6 Å². The number of nitrogens with one attached hydrogen (secondary N) is 1. The van der Waals surface area contributed by atoms with Gasteiger partial charge >= 0.3 is 0 Å². The van der Waals surface area contributed by atoms with Gasteiger partial charge in [-0.05, 0) is 11.5 Å². The number of benzene rings is 1. The molecule has 0 aromatic heterocycles. The fraction of sp³-hybridized carbons (Fsp3) is 0.412. The van der Waals surface area contributed by atoms with Crippen LogP contribution in [0.3, 0.4) is 0 Å². The third-order valence-electron chi connectivity index (χ3n) is 3.35. The zero-order valence-electron chi connectivity index (χ0n) is 13.7. The van der Waals surface area contributed by atoms with Crippen LogP contribution in [0.5, 0.6) is 0 Å². The van der Waals surface area contributed by atoms with E-state index < -0.39 is 6.04 Å². The summed E-state index contributed by atoms with van der Waals surface area (Å²) in [6.07, 6.45) is 1.67. The second-order valence-corrected chi connectivity index (χ2v) is 5.54. The van der Waals surface area contributed by atoms with Gasteiger partial charge < -0.3 is 16.0 Å². The van der Waals surface area contributed by atoms with Gasteiger partial charge in [-0.15, -0.1) is 19.0 Å². The van der Waals surface area contributed by atoms with Gasteiger partial charge in [-0.2, -0.15) is 0 Å². The molecule has 128 valence electrons. The molecule has 0 saturated carbocycles. The Labute approximate surface area is 144 Å². The van der Waals surface area contributed by atoms with E-state index in [1.807, 2.05) is 44.2 Å². The molecule has 0 spiro atoms. The minimum absolute atomic E-state index is 0. The summed E-state index contributed by atoms with van der Waals surface area (Å²) in [4.78, 5) is 25.7. The maximum Gasteiger partial charge on any atom is 0.242 e. The molecule has 0 heterocycles. The second-order valence-electron chi connectivity index (χ2n) is 5.54. The molecule has 1 atom stereocenters. The van der Waals surface area contributed by atoms with E-state index in [2.05, 4.69) is 11.9 Å². The molecule has 5 nitrogen and oxygen atoms in total. The minimum atomic E-state index is -0.602. The third kappa shape index (κ3) is 7.30. The van der Waals surface area contributed by atoms with Crippen molar-refractivity contribution in [3.05, 3.63) is 48.6 Å². The quantitative estimate of drug-likeness (QED) is 0.708. The lowest BCUT2D eigenvalue weighted by atomic mass is 10.1. The van der Waals surface area contributed by atoms with Gasteiger partial charge in [0.1, 0.15) is 0 Å². The molecule has 1 aromatic carbocycles. The molecule has 0 bridgehead atoms. The van der Waals surface area contributed by atoms with Gasteiger partial charge in [-0.1, -0.05) is 50.3 Å². The summed E-state index contributed by atoms with van der Waals surface area (Å²) in [6, 6.07) is 9.09. The SMILES string of the molecule is C=CCN(Cc1ccccc1)C(=O)CNC(=O)[C@@H](N)C(C)C.Cl. The van der Waals surface area contributed by atoms with Crippen LogP contribution in [0.25, 0.3) is 0 Å². The predicted molar refractivity (Wildman–Crippen MR) is 95.1 cm³/mol. The van der Waals surface area contributed by atoms with Crippen molar-refractivity contribution < 1.29 is 9.59 Å². The molecule has 0 unspecified atom stereocenters. The van der Waals surface area contributed by atoms with Crippen LogP contribution in [0.2, 0.25) is 0 Å². The number of nitrogens with two attached hydrogens (primary N) is 1. The van der Waals surface area contributed by atoms with E-state index >= 15 is 0 Å². The molecular formula is C17H26ClN3O2. The van der Waals surface area contributed by atoms with Crippen LogP contribution >= 0.6 is 12.4 Å². The van der Waals surface area contributed by atoms with E-state index in [4.69, 9.17) is 5.73 Å². The number of rotatable bonds is 8. The lowest BCUT2D eigenvalue weighted by Crippen LogP contribution is -2.47. The molecule has 2 amide bonds. The average molecular weight is 340 g/mol. The van der Waals surface area contributed by atoms with Gasteiger partial charge in [0.2, 0.25) is 11.8 Å². The lowest BCUT2D eigenvalue weighted by molar-refractivity contribution is -0.133. The van der Waals surface area contributed by atoms with Crippen molar-refractivity contribution in [2.75, 3.05) is 13.1 Å². The number of amides is 2. The molecule has 1 aromatic rings. The second kappa shape index (κ2) is 10.8. The number of carbonyl (C=O) groups excluding carboxylic acids is 2. The molecule has 0 aliphatic heterocycles. The first-order chi connectivity index (χ1) is 10.5. The fourth-order valence-electron chi connectivity index (χ4n) is 1.91. The zero-order chi connectivity index (χ0) is 16.5. The molecular weight excluding hydrogens is 314 g/mol. The molecule has 0 saturated heterocycles. The summed E-state index contributed by atoms with van der Waals surface area (Å²) in [7, 11) is 0. The Bertz CT molecular complexity index is 506. The van der Waals surface area contributed by atoms with Crippen LogP contribution in [-0.2, 0) is 16.1 Å². The molecule has 6 heteroatoms. The molecule has 0 radical (unpaired) electrons. The van der Waals surface area contributed by atoms with Crippen molar-refractivity contribution in [3.8, 4) is 0 Å². The topological polar surface area (TPSA) is 75.4 Å². The highest BCUT2D eigenvalue weighted by molar-refractivity contribution is 5.87. The van der Waals surface area contributed by atoms with Crippen LogP contribution in [0, 0.1) is 5.92 Å². The van der Waals surface area contributed by atoms with Crippen molar-refractivity contribution in [2.24, 2.45) is 11.7 Å². The summed E-state index contributed by atoms with van der Waals surface area (Å²) in [5, 5.41) is 2.60. The van der Waals surface area contributed by atoms with E-state index in [9.17, 15) is 9.59 Å². The number of hydrogen-bond donors (Lipinski definition) is 2. The first kappa shape index (κ1) is 21.1. The number of nitrogens with zero attached hydrogens (tertiary/aromatic N) is 1. The highest BCUT2D eigenvalue weighted by atomic mass is 35.5. The Morgan fingerprint density at radius 3 is 2.43 bits per heavy atom. The van der Waals surface area contributed by atoms with Crippen LogP contribution < -0.4 is 11.1 Å². The average Bonchev–Trinajstić information content (AvgIpc) is 2.52. The molecule has 3 N–H and O–H groups in total. The normalized spacial score (nSPS) is 11.3. The zero-order valence-corrected chi connectivity index (χ0v) is 14.5. The first-order valence-electron chi connectivity index (χ1n) is 7.41. The first-order valence-corrected chi connectivity index (χ1v) is 7.41. The highest BCUT2D eigenvalue weighted by Gasteiger charge is 2.19. The summed E-state index contributed by atoms with van der Waals surface area (Å²) >= 11 is 0. The number of hydrogen-bond acceptors (Lipinski definition) is 3. The summed E-state index contributed by atoms with van der Waals surface area (Å²) < 4.78 is 0. The van der Waals surface area contributed by atoms with Gasteiger partial charge in [0.25, 0.3) is 0 Å². The van der Waals surface area contributed by atoms with E-state index in [-0.39, 0.29) is 36.7 Å². The Morgan fingerprint density at radius 1 is 1.30 bits per heavy atom. The molecule has 0 aliphatic rings. The van der Waals surface area contributed by atoms with Crippen LogP contribution in [0.4, 0.5) is 0 Å². The molecule has 23 heavy (non-hydrogen) atoms. The molecule has 0 fully saturated rings. The van der Waals surface area contributed by atoms with E-state index in [1.54, 1.807) is 11.0 Å². The molecule has 0 aliphatic carbocycles. The fourth-order valence-corrected chi connectivity index (χ4v) is 1.91. The standard InChI is InChI=1S/C17H25N3O2.ClH/c1-4-10-20(12-14-8-6-5-7-9-14)15(21)11-19-17(22)16(18)13(2)3;/h4-9,13,16H,1,10-12,18H2,2-3H3,(H,19,22);1H/t16-;/m0./s1. The van der Waals surface area contributed by atoms with Crippen LogP contribution in [0.15, 0.2) is 43.0 Å². The van der Waals surface area contributed by atoms with Crippen LogP contribution in [0.1, 0.15) is 19.4 Å². The summed E-state index contributed by atoms with van der Waals surface area (Å²) in [6.45, 7) is 8.26. The smallest absolute Gasteiger partial charge is 0.242 e. The Balaban J connectivity index is 0.00000484. The molecule has 1 rings (SSSR count). The highest BCUT2D eigenvalue weighted by Crippen LogP contribution is 2.05. The minimum Gasteiger partial charge on any atom is -0.346 e. The lowest BCUT2D eigenvalue weighted by Gasteiger charge is -2.22. The van der Waals surface area contributed by atoms with E-state index in [0.717, 1.165) is 5.56 Å². The van der Waals surface area contributed by atoms with Crippen molar-refractivity contribution in [1.82, 2.24) is 10.2 Å². The van der Waals surface area contributed by atoms with Crippen molar-refractivity contribution >= 4 is 24.2 Å². The van der Waals surface area contributed by atoms with Gasteiger partial charge in [0.15, 0.2) is 0 Å². The Kier molecular flexibility index (Phi) is 9.94. The Hall–Kier alpha value is -1.85. The Morgan fingerprint density at radius 2 is 1.91 bits per heavy atom. The predicted octanol–water partition coefficient (Wildman–Crippen LogP) is 1.72. The van der Waals surface area contributed by atoms with Crippen molar-refractivity contribution in [2.45, 2.75) is 26.4 Å². The van der Waals surface area contributed by atoms with Gasteiger partial charge in [-0.3, -0.25) is 9.59 Å². The van der Waals surface area contributed by atoms with Crippen molar-refractivity contribution in [3.63, 3.8) is 0 Å². The van der Waals surface area contributed by atoms with E-state index in [1.165, 1.54) is 0 Å². The number of halogens is 1. The monoisotopic (exact) mass is 339 g/mol. The third-order valence-corrected chi connectivity index (χ3v) is 3.35. The van der Waals surface area contributed by atoms with Gasteiger partial charge in [-0.25, -0.2) is 0 Å². The summed E-state index contributed by atoms with van der Waals surface area (Å²) in [5.74, 6) is -0.432. The maximum atomic E-state index is 12.3.